The summed E-state index contributed by atoms with van der Waals surface area (Å²) in [6.07, 6.45) is -0.338. The fraction of sp³-hybridized carbons (Fsp3) is 0.357. The van der Waals surface area contributed by atoms with Gasteiger partial charge in [0, 0.05) is 10.3 Å². The molecule has 1 aromatic carbocycles. The van der Waals surface area contributed by atoms with Crippen molar-refractivity contribution in [3.8, 4) is 6.07 Å². The van der Waals surface area contributed by atoms with Gasteiger partial charge >= 0.3 is 0 Å². The maximum atomic E-state index is 12.0. The van der Waals surface area contributed by atoms with Crippen LogP contribution in [-0.2, 0) is 14.6 Å². The zero-order chi connectivity index (χ0) is 17.5. The van der Waals surface area contributed by atoms with Crippen molar-refractivity contribution >= 4 is 61.6 Å². The molecule has 2 aliphatic rings. The predicted molar refractivity (Wildman–Crippen MR) is 95.4 cm³/mol. The Balaban J connectivity index is 2.06. The van der Waals surface area contributed by atoms with Gasteiger partial charge in [0.2, 0.25) is 0 Å². The van der Waals surface area contributed by atoms with Crippen LogP contribution in [0.4, 0.5) is 5.69 Å². The number of aliphatic imine (C=N–C) groups is 1. The molecule has 0 unspecified atom stereocenters. The van der Waals surface area contributed by atoms with Gasteiger partial charge in [-0.15, -0.1) is 0 Å². The van der Waals surface area contributed by atoms with E-state index in [1.54, 1.807) is 29.2 Å². The fourth-order valence-corrected chi connectivity index (χ4v) is 7.03. The molecule has 0 aromatic heterocycles. The highest BCUT2D eigenvalue weighted by molar-refractivity contribution is 8.16. The molecular weight excluding hydrogens is 393 g/mol. The van der Waals surface area contributed by atoms with Crippen molar-refractivity contribution in [1.29, 1.82) is 5.26 Å². The highest BCUT2D eigenvalue weighted by atomic mass is 35.5. The number of amidine groups is 1. The monoisotopic (exact) mass is 403 g/mol. The van der Waals surface area contributed by atoms with E-state index in [9.17, 15) is 13.2 Å². The predicted octanol–water partition coefficient (Wildman–Crippen LogP) is 2.51. The van der Waals surface area contributed by atoms with Crippen molar-refractivity contribution in [1.82, 2.24) is 0 Å². The minimum absolute atomic E-state index is 0.0163. The van der Waals surface area contributed by atoms with Crippen LogP contribution in [0.2, 0.25) is 10.0 Å². The van der Waals surface area contributed by atoms with Gasteiger partial charge in [-0.3, -0.25) is 4.79 Å². The van der Waals surface area contributed by atoms with Crippen LogP contribution in [0.3, 0.4) is 0 Å². The van der Waals surface area contributed by atoms with Crippen LogP contribution in [0.15, 0.2) is 23.2 Å². The molecule has 0 spiro atoms. The molecule has 2 fully saturated rings. The lowest BCUT2D eigenvalue weighted by molar-refractivity contribution is -0.116. The summed E-state index contributed by atoms with van der Waals surface area (Å²) in [7, 11) is -3.16. The average Bonchev–Trinajstić information content (AvgIpc) is 2.93. The summed E-state index contributed by atoms with van der Waals surface area (Å²) in [6.45, 7) is 0. The third-order valence-electron chi connectivity index (χ3n) is 3.68. The number of carbonyl (C=O) groups is 1. The summed E-state index contributed by atoms with van der Waals surface area (Å²) in [4.78, 5) is 17.4. The molecular formula is C14H11Cl2N3O3S2. The van der Waals surface area contributed by atoms with Crippen molar-refractivity contribution in [2.75, 3.05) is 16.4 Å². The van der Waals surface area contributed by atoms with E-state index in [-0.39, 0.29) is 29.2 Å². The largest absolute Gasteiger partial charge is 0.314 e. The second-order valence-electron chi connectivity index (χ2n) is 5.39. The molecule has 6 nitrogen and oxygen atoms in total. The minimum atomic E-state index is -3.16. The molecule has 24 heavy (non-hydrogen) atoms. The van der Waals surface area contributed by atoms with Gasteiger partial charge in [0.25, 0.3) is 5.91 Å². The SMILES string of the molecule is N#CCC(=O)N=C1S[C@@H]2CS(=O)(=O)C[C@H]2N1c1cc(Cl)ccc1Cl. The molecule has 2 atom stereocenters. The number of thioether (sulfide) groups is 1. The molecule has 2 aliphatic heterocycles. The summed E-state index contributed by atoms with van der Waals surface area (Å²) in [5.41, 5.74) is 0.504. The molecule has 2 heterocycles. The number of benzene rings is 1. The minimum Gasteiger partial charge on any atom is -0.314 e. The summed E-state index contributed by atoms with van der Waals surface area (Å²) in [5.74, 6) is -0.604. The molecule has 0 aliphatic carbocycles. The number of hydrogen-bond donors (Lipinski definition) is 0. The van der Waals surface area contributed by atoms with Gasteiger partial charge in [-0.25, -0.2) is 8.42 Å². The van der Waals surface area contributed by atoms with E-state index in [0.717, 1.165) is 0 Å². The van der Waals surface area contributed by atoms with E-state index < -0.39 is 15.7 Å². The van der Waals surface area contributed by atoms with Crippen molar-refractivity contribution in [2.45, 2.75) is 17.7 Å². The highest BCUT2D eigenvalue weighted by Crippen LogP contribution is 2.43. The quantitative estimate of drug-likeness (QED) is 0.753. The van der Waals surface area contributed by atoms with Crippen LogP contribution >= 0.6 is 35.0 Å². The van der Waals surface area contributed by atoms with Crippen LogP contribution in [0.25, 0.3) is 0 Å². The molecule has 1 amide bonds. The third-order valence-corrected chi connectivity index (χ3v) is 7.45. The first kappa shape index (κ1) is 17.5. The topological polar surface area (TPSA) is 90.6 Å². The lowest BCUT2D eigenvalue weighted by Crippen LogP contribution is -2.37. The fourth-order valence-electron chi connectivity index (χ4n) is 2.73. The summed E-state index contributed by atoms with van der Waals surface area (Å²) >= 11 is 13.5. The Morgan fingerprint density at radius 3 is 2.88 bits per heavy atom. The van der Waals surface area contributed by atoms with Crippen LogP contribution < -0.4 is 4.90 Å². The summed E-state index contributed by atoms with van der Waals surface area (Å²) < 4.78 is 23.9. The number of nitrogens with zero attached hydrogens (tertiary/aromatic N) is 3. The van der Waals surface area contributed by atoms with Crippen molar-refractivity contribution in [2.24, 2.45) is 4.99 Å². The van der Waals surface area contributed by atoms with Gasteiger partial charge in [0.05, 0.1) is 34.3 Å². The Morgan fingerprint density at radius 1 is 1.42 bits per heavy atom. The van der Waals surface area contributed by atoms with Crippen LogP contribution in [0.5, 0.6) is 0 Å². The Hall–Kier alpha value is -1.27. The van der Waals surface area contributed by atoms with Gasteiger partial charge in [-0.1, -0.05) is 35.0 Å². The highest BCUT2D eigenvalue weighted by Gasteiger charge is 2.49. The molecule has 0 radical (unpaired) electrons. The maximum Gasteiger partial charge on any atom is 0.262 e. The molecule has 3 rings (SSSR count). The zero-order valence-corrected chi connectivity index (χ0v) is 15.3. The first-order valence-corrected chi connectivity index (χ1v) is 10.4. The normalized spacial score (nSPS) is 26.4. The first-order valence-electron chi connectivity index (χ1n) is 6.90. The smallest absolute Gasteiger partial charge is 0.262 e. The van der Waals surface area contributed by atoms with E-state index in [2.05, 4.69) is 4.99 Å². The molecule has 126 valence electrons. The number of anilines is 1. The Labute approximate surface area is 153 Å². The molecule has 2 saturated heterocycles. The van der Waals surface area contributed by atoms with Crippen LogP contribution in [0.1, 0.15) is 6.42 Å². The number of hydrogen-bond acceptors (Lipinski definition) is 5. The molecule has 0 bridgehead atoms. The number of rotatable bonds is 2. The molecule has 0 N–H and O–H groups in total. The van der Waals surface area contributed by atoms with Crippen LogP contribution in [0, 0.1) is 11.3 Å². The van der Waals surface area contributed by atoms with Gasteiger partial charge in [0.15, 0.2) is 15.0 Å². The van der Waals surface area contributed by atoms with Crippen molar-refractivity contribution < 1.29 is 13.2 Å². The molecule has 0 saturated carbocycles. The van der Waals surface area contributed by atoms with Crippen molar-refractivity contribution in [3.05, 3.63) is 28.2 Å². The standard InChI is InChI=1S/C14H11Cl2N3O3S2/c15-8-1-2-9(16)10(5-8)19-11-6-24(21,22)7-12(11)23-14(19)18-13(20)3-4-17/h1-2,5,11-12H,3,6-7H2/t11-,12-/m1/s1. The van der Waals surface area contributed by atoms with Gasteiger partial charge in [-0.2, -0.15) is 10.3 Å². The Morgan fingerprint density at radius 2 is 2.17 bits per heavy atom. The number of fused-ring (bicyclic) bond motifs is 1. The number of amides is 1. The van der Waals surface area contributed by atoms with E-state index >= 15 is 0 Å². The number of sulfone groups is 1. The number of halogens is 2. The summed E-state index contributed by atoms with van der Waals surface area (Å²) in [5, 5.41) is 9.56. The van der Waals surface area contributed by atoms with E-state index in [1.807, 2.05) is 0 Å². The van der Waals surface area contributed by atoms with Gasteiger partial charge in [0.1, 0.15) is 6.42 Å². The lowest BCUT2D eigenvalue weighted by Gasteiger charge is -2.25. The lowest BCUT2D eigenvalue weighted by atomic mass is 10.2. The zero-order valence-electron chi connectivity index (χ0n) is 12.1. The molecule has 1 aromatic rings. The molecule has 10 heteroatoms. The maximum absolute atomic E-state index is 12.0. The second kappa shape index (κ2) is 6.56. The average molecular weight is 404 g/mol. The van der Waals surface area contributed by atoms with Crippen LogP contribution in [-0.4, -0.2) is 42.3 Å². The second-order valence-corrected chi connectivity index (χ2v) is 9.59. The number of nitriles is 1. The summed E-state index contributed by atoms with van der Waals surface area (Å²) in [6, 6.07) is 6.22. The van der Waals surface area contributed by atoms with E-state index in [4.69, 9.17) is 28.5 Å². The van der Waals surface area contributed by atoms with Gasteiger partial charge < -0.3 is 4.90 Å². The van der Waals surface area contributed by atoms with Crippen molar-refractivity contribution in [3.63, 3.8) is 0 Å². The Bertz CT molecular complexity index is 880. The Kier molecular flexibility index (Phi) is 4.80. The van der Waals surface area contributed by atoms with E-state index in [0.29, 0.717) is 20.9 Å². The first-order chi connectivity index (χ1) is 11.3. The number of carbonyl (C=O) groups excluding carboxylic acids is 1. The van der Waals surface area contributed by atoms with Gasteiger partial charge in [-0.05, 0) is 18.2 Å². The third kappa shape index (κ3) is 3.40. The van der Waals surface area contributed by atoms with E-state index in [1.165, 1.54) is 11.8 Å².